The van der Waals surface area contributed by atoms with Gasteiger partial charge in [0.2, 0.25) is 11.9 Å². The Bertz CT molecular complexity index is 731. The summed E-state index contributed by atoms with van der Waals surface area (Å²) in [4.78, 5) is 26.1. The number of carbonyl (C=O) groups is 1. The molecule has 1 amide bonds. The van der Waals surface area contributed by atoms with Gasteiger partial charge in [-0.15, -0.1) is 0 Å². The molecule has 7 nitrogen and oxygen atoms in total. The number of nitrogens with one attached hydrogen (secondary N) is 1. The minimum Gasteiger partial charge on any atom is -0.468 e. The van der Waals surface area contributed by atoms with Gasteiger partial charge >= 0.3 is 0 Å². The molecule has 0 saturated carbocycles. The van der Waals surface area contributed by atoms with Gasteiger partial charge in [0, 0.05) is 32.0 Å². The fourth-order valence-corrected chi connectivity index (χ4v) is 4.29. The molecule has 4 heterocycles. The molecule has 2 atom stereocenters. The first-order valence-corrected chi connectivity index (χ1v) is 10.4. The van der Waals surface area contributed by atoms with Crippen LogP contribution in [0.25, 0.3) is 0 Å². The van der Waals surface area contributed by atoms with Crippen LogP contribution in [0.15, 0.2) is 41.3 Å². The lowest BCUT2D eigenvalue weighted by Gasteiger charge is -2.35. The van der Waals surface area contributed by atoms with E-state index in [2.05, 4.69) is 25.1 Å². The van der Waals surface area contributed by atoms with Gasteiger partial charge in [-0.3, -0.25) is 9.69 Å². The van der Waals surface area contributed by atoms with E-state index in [1.54, 1.807) is 18.7 Å². The number of anilines is 1. The van der Waals surface area contributed by atoms with Crippen LogP contribution in [0.5, 0.6) is 0 Å². The average Bonchev–Trinajstić information content (AvgIpc) is 3.30. The zero-order valence-corrected chi connectivity index (χ0v) is 16.3. The van der Waals surface area contributed by atoms with Crippen LogP contribution in [0.4, 0.5) is 5.95 Å². The lowest BCUT2D eigenvalue weighted by Crippen LogP contribution is -2.46. The summed E-state index contributed by atoms with van der Waals surface area (Å²) in [6.45, 7) is 4.28. The van der Waals surface area contributed by atoms with Crippen LogP contribution in [0.2, 0.25) is 0 Å². The van der Waals surface area contributed by atoms with E-state index in [0.717, 1.165) is 38.2 Å². The molecule has 7 heteroatoms. The molecule has 0 radical (unpaired) electrons. The predicted octanol–water partition coefficient (Wildman–Crippen LogP) is 2.63. The third-order valence-electron chi connectivity index (χ3n) is 5.80. The normalized spacial score (nSPS) is 22.0. The van der Waals surface area contributed by atoms with Crippen LogP contribution in [-0.4, -0.2) is 53.5 Å². The summed E-state index contributed by atoms with van der Waals surface area (Å²) in [5.74, 6) is 1.73. The number of piperidine rings is 2. The van der Waals surface area contributed by atoms with E-state index >= 15 is 0 Å². The molecule has 0 spiro atoms. The number of amides is 1. The Morgan fingerprint density at radius 2 is 1.96 bits per heavy atom. The van der Waals surface area contributed by atoms with Gasteiger partial charge in [-0.1, -0.05) is 6.42 Å². The maximum absolute atomic E-state index is 12.9. The van der Waals surface area contributed by atoms with E-state index in [1.807, 2.05) is 18.2 Å². The minimum absolute atomic E-state index is 0.0313. The Balaban J connectivity index is 1.36. The maximum atomic E-state index is 12.9. The molecular formula is C21H29N5O2. The van der Waals surface area contributed by atoms with Crippen LogP contribution in [0.1, 0.15) is 43.9 Å². The van der Waals surface area contributed by atoms with Gasteiger partial charge in [-0.05, 0) is 57.0 Å². The summed E-state index contributed by atoms with van der Waals surface area (Å²) >= 11 is 0. The second-order valence-corrected chi connectivity index (χ2v) is 7.71. The van der Waals surface area contributed by atoms with Gasteiger partial charge in [0.1, 0.15) is 5.76 Å². The predicted molar refractivity (Wildman–Crippen MR) is 107 cm³/mol. The van der Waals surface area contributed by atoms with E-state index in [-0.39, 0.29) is 17.9 Å². The fraction of sp³-hybridized carbons (Fsp3) is 0.571. The van der Waals surface area contributed by atoms with Crippen LogP contribution in [0, 0.1) is 5.92 Å². The van der Waals surface area contributed by atoms with Crippen LogP contribution in [-0.2, 0) is 4.79 Å². The smallest absolute Gasteiger partial charge is 0.225 e. The van der Waals surface area contributed by atoms with E-state index in [0.29, 0.717) is 19.0 Å². The Labute approximate surface area is 166 Å². The largest absolute Gasteiger partial charge is 0.468 e. The van der Waals surface area contributed by atoms with Crippen molar-refractivity contribution in [2.45, 2.75) is 38.1 Å². The monoisotopic (exact) mass is 383 g/mol. The second-order valence-electron chi connectivity index (χ2n) is 7.71. The van der Waals surface area contributed by atoms with Gasteiger partial charge in [-0.2, -0.15) is 0 Å². The van der Waals surface area contributed by atoms with Gasteiger partial charge in [-0.25, -0.2) is 9.97 Å². The molecule has 4 rings (SSSR count). The van der Waals surface area contributed by atoms with Crippen molar-refractivity contribution in [3.05, 3.63) is 42.6 Å². The number of aromatic nitrogens is 2. The molecule has 2 aromatic rings. The number of nitrogens with zero attached hydrogens (tertiary/aromatic N) is 4. The highest BCUT2D eigenvalue weighted by molar-refractivity contribution is 5.79. The van der Waals surface area contributed by atoms with Crippen molar-refractivity contribution in [2.75, 3.05) is 37.6 Å². The van der Waals surface area contributed by atoms with Crippen LogP contribution >= 0.6 is 0 Å². The number of furan rings is 1. The maximum Gasteiger partial charge on any atom is 0.225 e. The Hall–Kier alpha value is -2.41. The first-order valence-electron chi connectivity index (χ1n) is 10.4. The number of hydrogen-bond acceptors (Lipinski definition) is 6. The molecule has 150 valence electrons. The summed E-state index contributed by atoms with van der Waals surface area (Å²) in [7, 11) is 0. The molecule has 2 fully saturated rings. The molecule has 2 aliphatic heterocycles. The lowest BCUT2D eigenvalue weighted by molar-refractivity contribution is -0.125. The topological polar surface area (TPSA) is 74.5 Å². The zero-order valence-electron chi connectivity index (χ0n) is 16.3. The molecule has 2 saturated heterocycles. The molecule has 0 aromatic carbocycles. The van der Waals surface area contributed by atoms with Gasteiger partial charge in [0.15, 0.2) is 0 Å². The van der Waals surface area contributed by atoms with E-state index in [9.17, 15) is 4.79 Å². The second kappa shape index (κ2) is 9.19. The number of likely N-dealkylation sites (tertiary alicyclic amines) is 1. The van der Waals surface area contributed by atoms with Crippen molar-refractivity contribution in [1.82, 2.24) is 20.2 Å². The number of carbonyl (C=O) groups excluding carboxylic acids is 1. The Morgan fingerprint density at radius 1 is 1.14 bits per heavy atom. The standard InChI is InChI=1S/C21H29N5O2/c27-20(17-7-4-13-26(16-17)21-22-9-6-10-23-21)24-15-18(19-8-5-14-28-19)25-11-2-1-3-12-25/h5-6,8-10,14,17-18H,1-4,7,11-13,15-16H2,(H,24,27). The first-order chi connectivity index (χ1) is 13.8. The highest BCUT2D eigenvalue weighted by Crippen LogP contribution is 2.25. The van der Waals surface area contributed by atoms with Crippen LogP contribution < -0.4 is 10.2 Å². The van der Waals surface area contributed by atoms with Crippen molar-refractivity contribution >= 4 is 11.9 Å². The quantitative estimate of drug-likeness (QED) is 0.827. The Kier molecular flexibility index (Phi) is 6.21. The molecular weight excluding hydrogens is 354 g/mol. The molecule has 1 N–H and O–H groups in total. The summed E-state index contributed by atoms with van der Waals surface area (Å²) in [6.07, 6.45) is 10.8. The number of rotatable bonds is 6. The molecule has 2 aliphatic rings. The van der Waals surface area contributed by atoms with Crippen molar-refractivity contribution in [2.24, 2.45) is 5.92 Å². The first kappa shape index (κ1) is 18.9. The highest BCUT2D eigenvalue weighted by Gasteiger charge is 2.29. The summed E-state index contributed by atoms with van der Waals surface area (Å²) in [5, 5.41) is 3.20. The lowest BCUT2D eigenvalue weighted by atomic mass is 9.97. The summed E-state index contributed by atoms with van der Waals surface area (Å²) in [5.41, 5.74) is 0. The van der Waals surface area contributed by atoms with E-state index < -0.39 is 0 Å². The zero-order chi connectivity index (χ0) is 19.2. The van der Waals surface area contributed by atoms with Crippen LogP contribution in [0.3, 0.4) is 0 Å². The molecule has 0 bridgehead atoms. The van der Waals surface area contributed by atoms with Crippen molar-refractivity contribution in [3.8, 4) is 0 Å². The third kappa shape index (κ3) is 4.52. The van der Waals surface area contributed by atoms with Gasteiger partial charge in [0.05, 0.1) is 18.2 Å². The SMILES string of the molecule is O=C(NCC(c1ccco1)N1CCCCC1)C1CCCN(c2ncccn2)C1. The average molecular weight is 383 g/mol. The molecule has 0 aliphatic carbocycles. The Morgan fingerprint density at radius 3 is 2.71 bits per heavy atom. The summed E-state index contributed by atoms with van der Waals surface area (Å²) < 4.78 is 5.68. The fourth-order valence-electron chi connectivity index (χ4n) is 4.29. The van der Waals surface area contributed by atoms with Gasteiger partial charge < -0.3 is 14.6 Å². The van der Waals surface area contributed by atoms with Crippen molar-refractivity contribution in [3.63, 3.8) is 0 Å². The third-order valence-corrected chi connectivity index (χ3v) is 5.80. The van der Waals surface area contributed by atoms with E-state index in [4.69, 9.17) is 4.42 Å². The molecule has 2 unspecified atom stereocenters. The van der Waals surface area contributed by atoms with Crippen molar-refractivity contribution < 1.29 is 9.21 Å². The number of hydrogen-bond donors (Lipinski definition) is 1. The summed E-state index contributed by atoms with van der Waals surface area (Å²) in [6, 6.07) is 5.86. The van der Waals surface area contributed by atoms with Gasteiger partial charge in [0.25, 0.3) is 0 Å². The van der Waals surface area contributed by atoms with Crippen molar-refractivity contribution in [1.29, 1.82) is 0 Å². The minimum atomic E-state index is -0.0313. The molecule has 28 heavy (non-hydrogen) atoms. The highest BCUT2D eigenvalue weighted by atomic mass is 16.3. The van der Waals surface area contributed by atoms with E-state index in [1.165, 1.54) is 19.3 Å². The molecule has 2 aromatic heterocycles.